The van der Waals surface area contributed by atoms with E-state index < -0.39 is 0 Å². The Morgan fingerprint density at radius 1 is 1.23 bits per heavy atom. The topological polar surface area (TPSA) is 9.23 Å². The Hall–Kier alpha value is -0.820. The molecule has 1 unspecified atom stereocenters. The third kappa shape index (κ3) is 1.61. The molecule has 1 aromatic rings. The van der Waals surface area contributed by atoms with Crippen LogP contribution in [0.2, 0.25) is 0 Å². The monoisotopic (exact) mass is 176 g/mol. The van der Waals surface area contributed by atoms with Crippen LogP contribution in [0.3, 0.4) is 0 Å². The Morgan fingerprint density at radius 2 is 2.00 bits per heavy atom. The summed E-state index contributed by atoms with van der Waals surface area (Å²) in [5.41, 5.74) is 4.37. The molecule has 1 aromatic carbocycles. The minimum Gasteiger partial charge on any atom is -0.377 e. The van der Waals surface area contributed by atoms with Crippen LogP contribution in [0.1, 0.15) is 36.1 Å². The molecule has 0 fully saturated rings. The maximum atomic E-state index is 5.30. The summed E-state index contributed by atoms with van der Waals surface area (Å²) in [6.45, 7) is 2.09. The predicted octanol–water partition coefficient (Wildman–Crippen LogP) is 2.88. The lowest BCUT2D eigenvalue weighted by Gasteiger charge is -2.11. The van der Waals surface area contributed by atoms with E-state index in [4.69, 9.17) is 4.74 Å². The molecule has 1 nitrogen and oxygen atoms in total. The van der Waals surface area contributed by atoms with E-state index in [0.717, 1.165) is 0 Å². The highest BCUT2D eigenvalue weighted by atomic mass is 16.5. The smallest absolute Gasteiger partial charge is 0.0793 e. The van der Waals surface area contributed by atoms with Crippen molar-refractivity contribution in [3.63, 3.8) is 0 Å². The molecule has 2 rings (SSSR count). The van der Waals surface area contributed by atoms with Gasteiger partial charge in [0.05, 0.1) is 6.10 Å². The zero-order chi connectivity index (χ0) is 9.26. The van der Waals surface area contributed by atoms with E-state index in [1.807, 2.05) is 0 Å². The van der Waals surface area contributed by atoms with Gasteiger partial charge in [0.15, 0.2) is 0 Å². The molecule has 13 heavy (non-hydrogen) atoms. The quantitative estimate of drug-likeness (QED) is 0.673. The van der Waals surface area contributed by atoms with E-state index in [-0.39, 0.29) is 6.10 Å². The van der Waals surface area contributed by atoms with Gasteiger partial charge in [-0.3, -0.25) is 0 Å². The van der Waals surface area contributed by atoms with Gasteiger partial charge in [-0.05, 0) is 42.9 Å². The number of fused-ring (bicyclic) bond motifs is 1. The average molecular weight is 176 g/mol. The second-order valence-corrected chi connectivity index (χ2v) is 3.76. The van der Waals surface area contributed by atoms with E-state index in [0.29, 0.717) is 0 Å². The molecule has 0 aliphatic heterocycles. The fourth-order valence-corrected chi connectivity index (χ4v) is 1.98. The van der Waals surface area contributed by atoms with Gasteiger partial charge in [0.25, 0.3) is 0 Å². The summed E-state index contributed by atoms with van der Waals surface area (Å²) in [6, 6.07) is 6.75. The number of methoxy groups -OCH3 is 1. The third-order valence-electron chi connectivity index (χ3n) is 2.95. The predicted molar refractivity (Wildman–Crippen MR) is 53.9 cm³/mol. The Kier molecular flexibility index (Phi) is 2.36. The molecule has 0 N–H and O–H groups in total. The van der Waals surface area contributed by atoms with Crippen molar-refractivity contribution < 1.29 is 4.74 Å². The van der Waals surface area contributed by atoms with Gasteiger partial charge < -0.3 is 4.74 Å². The van der Waals surface area contributed by atoms with Gasteiger partial charge in [-0.1, -0.05) is 18.2 Å². The highest BCUT2D eigenvalue weighted by Gasteiger charge is 2.12. The van der Waals surface area contributed by atoms with Crippen LogP contribution in [0.5, 0.6) is 0 Å². The lowest BCUT2D eigenvalue weighted by atomic mass is 10.0. The first kappa shape index (κ1) is 8.76. The molecule has 0 aromatic heterocycles. The standard InChI is InChI=1S/C12H16O/c1-9(13-2)11-7-6-10-4-3-5-12(10)8-11/h6-9H,3-5H2,1-2H3. The van der Waals surface area contributed by atoms with Crippen molar-refractivity contribution in [2.45, 2.75) is 32.3 Å². The summed E-state index contributed by atoms with van der Waals surface area (Å²) in [4.78, 5) is 0. The second-order valence-electron chi connectivity index (χ2n) is 3.76. The number of benzene rings is 1. The van der Waals surface area contributed by atoms with Gasteiger partial charge in [-0.25, -0.2) is 0 Å². The zero-order valence-electron chi connectivity index (χ0n) is 8.34. The molecule has 0 saturated carbocycles. The van der Waals surface area contributed by atoms with Crippen molar-refractivity contribution in [1.82, 2.24) is 0 Å². The van der Waals surface area contributed by atoms with Gasteiger partial charge in [-0.2, -0.15) is 0 Å². The van der Waals surface area contributed by atoms with Crippen molar-refractivity contribution >= 4 is 0 Å². The molecule has 0 heterocycles. The Balaban J connectivity index is 2.30. The molecular formula is C12H16O. The lowest BCUT2D eigenvalue weighted by molar-refractivity contribution is 0.119. The van der Waals surface area contributed by atoms with Crippen LogP contribution in [-0.4, -0.2) is 7.11 Å². The van der Waals surface area contributed by atoms with Crippen molar-refractivity contribution in [2.24, 2.45) is 0 Å². The Bertz CT molecular complexity index is 304. The highest BCUT2D eigenvalue weighted by molar-refractivity contribution is 5.35. The van der Waals surface area contributed by atoms with Gasteiger partial charge in [-0.15, -0.1) is 0 Å². The average Bonchev–Trinajstić information content (AvgIpc) is 2.63. The summed E-state index contributed by atoms with van der Waals surface area (Å²) < 4.78 is 5.30. The maximum Gasteiger partial charge on any atom is 0.0793 e. The van der Waals surface area contributed by atoms with E-state index in [9.17, 15) is 0 Å². The number of rotatable bonds is 2. The molecule has 0 radical (unpaired) electrons. The fraction of sp³-hybridized carbons (Fsp3) is 0.500. The first-order valence-corrected chi connectivity index (χ1v) is 4.96. The van der Waals surface area contributed by atoms with Crippen molar-refractivity contribution in [2.75, 3.05) is 7.11 Å². The van der Waals surface area contributed by atoms with E-state index in [2.05, 4.69) is 25.1 Å². The molecule has 1 heteroatoms. The first-order chi connectivity index (χ1) is 6.31. The van der Waals surface area contributed by atoms with Crippen molar-refractivity contribution in [3.05, 3.63) is 34.9 Å². The maximum absolute atomic E-state index is 5.30. The second kappa shape index (κ2) is 3.51. The van der Waals surface area contributed by atoms with Crippen LogP contribution in [0.25, 0.3) is 0 Å². The molecule has 0 saturated heterocycles. The molecule has 1 aliphatic rings. The number of aryl methyl sites for hydroxylation is 2. The molecule has 70 valence electrons. The van der Waals surface area contributed by atoms with Crippen LogP contribution in [0, 0.1) is 0 Å². The number of hydrogen-bond acceptors (Lipinski definition) is 1. The zero-order valence-corrected chi connectivity index (χ0v) is 8.34. The molecule has 0 amide bonds. The van der Waals surface area contributed by atoms with Crippen LogP contribution < -0.4 is 0 Å². The minimum atomic E-state index is 0.228. The largest absolute Gasteiger partial charge is 0.377 e. The van der Waals surface area contributed by atoms with E-state index in [1.54, 1.807) is 7.11 Å². The summed E-state index contributed by atoms with van der Waals surface area (Å²) in [6.07, 6.45) is 4.06. The molecule has 0 spiro atoms. The SMILES string of the molecule is COC(C)c1ccc2c(c1)CCC2. The highest BCUT2D eigenvalue weighted by Crippen LogP contribution is 2.26. The molecule has 0 bridgehead atoms. The van der Waals surface area contributed by atoms with Crippen LogP contribution in [0.4, 0.5) is 0 Å². The van der Waals surface area contributed by atoms with Crippen molar-refractivity contribution in [1.29, 1.82) is 0 Å². The third-order valence-corrected chi connectivity index (χ3v) is 2.95. The summed E-state index contributed by atoms with van der Waals surface area (Å²) in [5, 5.41) is 0. The lowest BCUT2D eigenvalue weighted by Crippen LogP contribution is -1.96. The normalized spacial score (nSPS) is 17.1. The molecule has 1 atom stereocenters. The summed E-state index contributed by atoms with van der Waals surface area (Å²) >= 11 is 0. The number of ether oxygens (including phenoxy) is 1. The van der Waals surface area contributed by atoms with Gasteiger partial charge in [0.1, 0.15) is 0 Å². The Labute approximate surface area is 79.7 Å². The minimum absolute atomic E-state index is 0.228. The van der Waals surface area contributed by atoms with E-state index >= 15 is 0 Å². The van der Waals surface area contributed by atoms with Crippen LogP contribution in [0.15, 0.2) is 18.2 Å². The van der Waals surface area contributed by atoms with Crippen molar-refractivity contribution in [3.8, 4) is 0 Å². The summed E-state index contributed by atoms with van der Waals surface area (Å²) in [5.74, 6) is 0. The van der Waals surface area contributed by atoms with Crippen LogP contribution in [-0.2, 0) is 17.6 Å². The van der Waals surface area contributed by atoms with Gasteiger partial charge in [0.2, 0.25) is 0 Å². The Morgan fingerprint density at radius 3 is 2.77 bits per heavy atom. The molecular weight excluding hydrogens is 160 g/mol. The van der Waals surface area contributed by atoms with E-state index in [1.165, 1.54) is 36.0 Å². The van der Waals surface area contributed by atoms with Crippen LogP contribution >= 0.6 is 0 Å². The first-order valence-electron chi connectivity index (χ1n) is 4.96. The van der Waals surface area contributed by atoms with Gasteiger partial charge >= 0.3 is 0 Å². The number of hydrogen-bond donors (Lipinski definition) is 0. The summed E-state index contributed by atoms with van der Waals surface area (Å²) in [7, 11) is 1.76. The molecule has 1 aliphatic carbocycles. The van der Waals surface area contributed by atoms with Gasteiger partial charge in [0, 0.05) is 7.11 Å². The fourth-order valence-electron chi connectivity index (χ4n) is 1.98.